The average Bonchev–Trinajstić information content (AvgIpc) is 3.13. The van der Waals surface area contributed by atoms with Gasteiger partial charge in [0.15, 0.2) is 0 Å². The SMILES string of the molecule is Cc1cc(-c2noc(C(C)N3CCOC(CN(C)CC(=O)O)C3)n2)ccc1F. The first kappa shape index (κ1) is 20.4. The summed E-state index contributed by atoms with van der Waals surface area (Å²) in [5, 5.41) is 12.9. The molecule has 0 saturated carbocycles. The number of hydrogen-bond acceptors (Lipinski definition) is 7. The molecule has 1 saturated heterocycles. The third-order valence-electron chi connectivity index (χ3n) is 4.85. The van der Waals surface area contributed by atoms with Gasteiger partial charge in [0.05, 0.1) is 25.3 Å². The second kappa shape index (κ2) is 8.76. The summed E-state index contributed by atoms with van der Waals surface area (Å²) in [6.07, 6.45) is -0.0947. The zero-order chi connectivity index (χ0) is 20.3. The fourth-order valence-corrected chi connectivity index (χ4v) is 3.31. The molecule has 0 bridgehead atoms. The van der Waals surface area contributed by atoms with Crippen LogP contribution in [0.5, 0.6) is 0 Å². The van der Waals surface area contributed by atoms with Crippen LogP contribution in [0, 0.1) is 12.7 Å². The van der Waals surface area contributed by atoms with Crippen molar-refractivity contribution in [2.45, 2.75) is 26.0 Å². The first-order valence-electron chi connectivity index (χ1n) is 9.19. The van der Waals surface area contributed by atoms with Crippen LogP contribution in [0.3, 0.4) is 0 Å². The number of halogens is 1. The molecule has 2 unspecified atom stereocenters. The predicted molar refractivity (Wildman–Crippen MR) is 99.3 cm³/mol. The van der Waals surface area contributed by atoms with Gasteiger partial charge in [0.25, 0.3) is 0 Å². The molecule has 1 N–H and O–H groups in total. The lowest BCUT2D eigenvalue weighted by Gasteiger charge is -2.36. The van der Waals surface area contributed by atoms with Crippen LogP contribution in [-0.4, -0.2) is 77.0 Å². The molecule has 0 aliphatic carbocycles. The molecule has 2 atom stereocenters. The minimum atomic E-state index is -0.863. The van der Waals surface area contributed by atoms with Gasteiger partial charge in [-0.25, -0.2) is 4.39 Å². The molecule has 1 fully saturated rings. The van der Waals surface area contributed by atoms with Crippen LogP contribution in [-0.2, 0) is 9.53 Å². The van der Waals surface area contributed by atoms with Gasteiger partial charge in [-0.2, -0.15) is 4.98 Å². The lowest BCUT2D eigenvalue weighted by atomic mass is 10.1. The number of carboxylic acid groups (broad SMARTS) is 1. The van der Waals surface area contributed by atoms with E-state index in [1.54, 1.807) is 31.0 Å². The molecule has 28 heavy (non-hydrogen) atoms. The average molecular weight is 392 g/mol. The molecule has 2 heterocycles. The summed E-state index contributed by atoms with van der Waals surface area (Å²) in [4.78, 5) is 19.2. The third kappa shape index (κ3) is 4.92. The van der Waals surface area contributed by atoms with Crippen LogP contribution >= 0.6 is 0 Å². The van der Waals surface area contributed by atoms with Gasteiger partial charge < -0.3 is 14.4 Å². The molecule has 1 aliphatic heterocycles. The summed E-state index contributed by atoms with van der Waals surface area (Å²) in [5.74, 6) is -0.224. The minimum Gasteiger partial charge on any atom is -0.480 e. The van der Waals surface area contributed by atoms with Crippen molar-refractivity contribution < 1.29 is 23.6 Å². The van der Waals surface area contributed by atoms with Crippen molar-refractivity contribution in [2.24, 2.45) is 0 Å². The van der Waals surface area contributed by atoms with E-state index in [4.69, 9.17) is 14.4 Å². The number of ether oxygens (including phenoxy) is 1. The zero-order valence-corrected chi connectivity index (χ0v) is 16.3. The maximum atomic E-state index is 13.5. The minimum absolute atomic E-state index is 0.0283. The lowest BCUT2D eigenvalue weighted by molar-refractivity contribution is -0.138. The Morgan fingerprint density at radius 3 is 3.00 bits per heavy atom. The van der Waals surface area contributed by atoms with Crippen LogP contribution in [0.4, 0.5) is 4.39 Å². The Kier molecular flexibility index (Phi) is 6.38. The van der Waals surface area contributed by atoms with Gasteiger partial charge in [0.1, 0.15) is 5.82 Å². The van der Waals surface area contributed by atoms with Gasteiger partial charge in [0, 0.05) is 25.2 Å². The van der Waals surface area contributed by atoms with Crippen molar-refractivity contribution in [3.63, 3.8) is 0 Å². The number of hydrogen-bond donors (Lipinski definition) is 1. The lowest BCUT2D eigenvalue weighted by Crippen LogP contribution is -2.48. The fraction of sp³-hybridized carbons (Fsp3) is 0.526. The Hall–Kier alpha value is -2.36. The highest BCUT2D eigenvalue weighted by Crippen LogP contribution is 2.25. The highest BCUT2D eigenvalue weighted by Gasteiger charge is 2.29. The second-order valence-electron chi connectivity index (χ2n) is 7.17. The van der Waals surface area contributed by atoms with E-state index in [1.165, 1.54) is 6.07 Å². The molecule has 0 amide bonds. The number of aromatic nitrogens is 2. The monoisotopic (exact) mass is 392 g/mol. The number of aliphatic carboxylic acids is 1. The number of likely N-dealkylation sites (N-methyl/N-ethyl adjacent to an activating group) is 1. The number of carboxylic acids is 1. The quantitative estimate of drug-likeness (QED) is 0.765. The summed E-state index contributed by atoms with van der Waals surface area (Å²) in [5.41, 5.74) is 1.23. The van der Waals surface area contributed by atoms with Gasteiger partial charge in [0.2, 0.25) is 11.7 Å². The van der Waals surface area contributed by atoms with Crippen molar-refractivity contribution in [1.82, 2.24) is 19.9 Å². The number of carbonyl (C=O) groups is 1. The largest absolute Gasteiger partial charge is 0.480 e. The second-order valence-corrected chi connectivity index (χ2v) is 7.17. The molecular formula is C19H25FN4O4. The number of benzene rings is 1. The number of rotatable bonds is 7. The van der Waals surface area contributed by atoms with E-state index in [0.717, 1.165) is 0 Å². The molecular weight excluding hydrogens is 367 g/mol. The predicted octanol–water partition coefficient (Wildman–Crippen LogP) is 1.96. The highest BCUT2D eigenvalue weighted by atomic mass is 19.1. The fourth-order valence-electron chi connectivity index (χ4n) is 3.31. The van der Waals surface area contributed by atoms with Crippen LogP contribution in [0.1, 0.15) is 24.4 Å². The van der Waals surface area contributed by atoms with Crippen molar-refractivity contribution in [3.8, 4) is 11.4 Å². The Morgan fingerprint density at radius 2 is 2.29 bits per heavy atom. The van der Waals surface area contributed by atoms with E-state index < -0.39 is 5.97 Å². The summed E-state index contributed by atoms with van der Waals surface area (Å²) in [6.45, 7) is 6.08. The van der Waals surface area contributed by atoms with E-state index >= 15 is 0 Å². The molecule has 2 aromatic rings. The van der Waals surface area contributed by atoms with Gasteiger partial charge in [-0.1, -0.05) is 5.16 Å². The van der Waals surface area contributed by atoms with Crippen molar-refractivity contribution in [3.05, 3.63) is 35.5 Å². The van der Waals surface area contributed by atoms with Gasteiger partial charge in [-0.3, -0.25) is 14.6 Å². The van der Waals surface area contributed by atoms with Crippen molar-refractivity contribution >= 4 is 5.97 Å². The van der Waals surface area contributed by atoms with Gasteiger partial charge in [-0.15, -0.1) is 0 Å². The van der Waals surface area contributed by atoms with Gasteiger partial charge >= 0.3 is 5.97 Å². The Bertz CT molecular complexity index is 828. The van der Waals surface area contributed by atoms with E-state index in [-0.39, 0.29) is 24.5 Å². The van der Waals surface area contributed by atoms with Crippen molar-refractivity contribution in [1.29, 1.82) is 0 Å². The summed E-state index contributed by atoms with van der Waals surface area (Å²) in [6, 6.07) is 4.60. The smallest absolute Gasteiger partial charge is 0.317 e. The normalized spacial score (nSPS) is 19.1. The van der Waals surface area contributed by atoms with E-state index in [2.05, 4.69) is 15.0 Å². The first-order chi connectivity index (χ1) is 13.3. The summed E-state index contributed by atoms with van der Waals surface area (Å²) < 4.78 is 24.7. The first-order valence-corrected chi connectivity index (χ1v) is 9.19. The molecule has 9 heteroatoms. The summed E-state index contributed by atoms with van der Waals surface area (Å²) in [7, 11) is 1.76. The third-order valence-corrected chi connectivity index (χ3v) is 4.85. The van der Waals surface area contributed by atoms with Crippen LogP contribution in [0.25, 0.3) is 11.4 Å². The van der Waals surface area contributed by atoms with E-state index in [9.17, 15) is 9.18 Å². The van der Waals surface area contributed by atoms with E-state index in [1.807, 2.05) is 6.92 Å². The summed E-state index contributed by atoms with van der Waals surface area (Å²) >= 11 is 0. The molecule has 3 rings (SSSR count). The molecule has 152 valence electrons. The number of nitrogens with zero attached hydrogens (tertiary/aromatic N) is 4. The Labute approximate surface area is 162 Å². The molecule has 1 aromatic carbocycles. The maximum absolute atomic E-state index is 13.5. The molecule has 1 aliphatic rings. The molecule has 1 aromatic heterocycles. The van der Waals surface area contributed by atoms with Gasteiger partial charge in [-0.05, 0) is 44.7 Å². The molecule has 0 radical (unpaired) electrons. The highest BCUT2D eigenvalue weighted by molar-refractivity contribution is 5.69. The van der Waals surface area contributed by atoms with E-state index in [0.29, 0.717) is 49.1 Å². The number of aryl methyl sites for hydroxylation is 1. The standard InChI is InChI=1S/C19H25FN4O4/c1-12-8-14(4-5-16(12)20)18-21-19(28-22-18)13(2)24-6-7-27-15(10-24)9-23(3)11-17(25)26/h4-5,8,13,15H,6-7,9-11H2,1-3H3,(H,25,26). The van der Waals surface area contributed by atoms with Crippen LogP contribution in [0.15, 0.2) is 22.7 Å². The molecule has 8 nitrogen and oxygen atoms in total. The topological polar surface area (TPSA) is 91.9 Å². The van der Waals surface area contributed by atoms with Crippen LogP contribution < -0.4 is 0 Å². The zero-order valence-electron chi connectivity index (χ0n) is 16.3. The van der Waals surface area contributed by atoms with Crippen molar-refractivity contribution in [2.75, 3.05) is 39.8 Å². The molecule has 0 spiro atoms. The Morgan fingerprint density at radius 1 is 1.50 bits per heavy atom. The maximum Gasteiger partial charge on any atom is 0.317 e. The Balaban J connectivity index is 1.65. The van der Waals surface area contributed by atoms with Crippen LogP contribution in [0.2, 0.25) is 0 Å². The number of morpholine rings is 1.